The molecule has 1 N–H and O–H groups in total. The number of rotatable bonds is 5. The molecule has 2 aromatic rings. The average Bonchev–Trinajstić information content (AvgIpc) is 2.90. The Morgan fingerprint density at radius 1 is 1.32 bits per heavy atom. The molecule has 2 atom stereocenters. The predicted octanol–water partition coefficient (Wildman–Crippen LogP) is 2.59. The first-order valence-corrected chi connectivity index (χ1v) is 8.71. The molecule has 0 unspecified atom stereocenters. The highest BCUT2D eigenvalue weighted by Gasteiger charge is 2.22. The van der Waals surface area contributed by atoms with Crippen LogP contribution in [0.1, 0.15) is 30.0 Å². The maximum absolute atomic E-state index is 12.5. The zero-order valence-corrected chi connectivity index (χ0v) is 15.3. The van der Waals surface area contributed by atoms with E-state index in [0.717, 1.165) is 36.3 Å². The van der Waals surface area contributed by atoms with Gasteiger partial charge in [0.15, 0.2) is 5.76 Å². The van der Waals surface area contributed by atoms with E-state index in [1.165, 1.54) is 0 Å². The van der Waals surface area contributed by atoms with Gasteiger partial charge in [0.1, 0.15) is 11.3 Å². The second-order valence-corrected chi connectivity index (χ2v) is 6.69. The summed E-state index contributed by atoms with van der Waals surface area (Å²) in [6.07, 6.45) is 0.457. The predicted molar refractivity (Wildman–Crippen MR) is 96.3 cm³/mol. The molecule has 3 rings (SSSR count). The van der Waals surface area contributed by atoms with E-state index in [4.69, 9.17) is 13.9 Å². The van der Waals surface area contributed by atoms with Gasteiger partial charge in [0.25, 0.3) is 5.91 Å². The summed E-state index contributed by atoms with van der Waals surface area (Å²) in [5, 5.41) is 3.86. The topological polar surface area (TPSA) is 63.9 Å². The van der Waals surface area contributed by atoms with E-state index in [2.05, 4.69) is 24.1 Å². The van der Waals surface area contributed by atoms with Crippen LogP contribution in [0.2, 0.25) is 0 Å². The highest BCUT2D eigenvalue weighted by Crippen LogP contribution is 2.28. The standard InChI is InChI=1S/C19H26N2O4/c1-12-10-21(11-13(2)24-12)8-7-20-19(22)18-14(3)16-9-15(23-4)5-6-17(16)25-18/h5-6,9,12-13H,7-8,10-11H2,1-4H3,(H,20,22)/t12-,13+. The molecule has 2 heterocycles. The quantitative estimate of drug-likeness (QED) is 0.901. The lowest BCUT2D eigenvalue weighted by atomic mass is 10.1. The van der Waals surface area contributed by atoms with Crippen LogP contribution in [0.25, 0.3) is 11.0 Å². The van der Waals surface area contributed by atoms with Crippen molar-refractivity contribution in [2.24, 2.45) is 0 Å². The normalized spacial score (nSPS) is 21.4. The molecular weight excluding hydrogens is 320 g/mol. The molecule has 1 aliphatic heterocycles. The van der Waals surface area contributed by atoms with E-state index in [1.807, 2.05) is 25.1 Å². The molecule has 0 bridgehead atoms. The van der Waals surface area contributed by atoms with Gasteiger partial charge in [-0.15, -0.1) is 0 Å². The number of aryl methyl sites for hydroxylation is 1. The Morgan fingerprint density at radius 2 is 2.04 bits per heavy atom. The number of benzene rings is 1. The van der Waals surface area contributed by atoms with Gasteiger partial charge in [0, 0.05) is 37.1 Å². The number of amides is 1. The molecule has 1 fully saturated rings. The van der Waals surface area contributed by atoms with Crippen molar-refractivity contribution in [3.63, 3.8) is 0 Å². The van der Waals surface area contributed by atoms with Gasteiger partial charge in [-0.2, -0.15) is 0 Å². The van der Waals surface area contributed by atoms with Crippen LogP contribution in [0, 0.1) is 6.92 Å². The molecule has 6 nitrogen and oxygen atoms in total. The van der Waals surface area contributed by atoms with Crippen LogP contribution in [-0.4, -0.2) is 56.3 Å². The first-order chi connectivity index (χ1) is 12.0. The van der Waals surface area contributed by atoms with E-state index in [0.29, 0.717) is 17.9 Å². The highest BCUT2D eigenvalue weighted by atomic mass is 16.5. The lowest BCUT2D eigenvalue weighted by molar-refractivity contribution is -0.0672. The number of morpholine rings is 1. The van der Waals surface area contributed by atoms with Gasteiger partial charge in [-0.1, -0.05) is 0 Å². The van der Waals surface area contributed by atoms with Crippen molar-refractivity contribution in [2.45, 2.75) is 33.0 Å². The minimum Gasteiger partial charge on any atom is -0.497 e. The summed E-state index contributed by atoms with van der Waals surface area (Å²) < 4.78 is 16.7. The number of methoxy groups -OCH3 is 1. The minimum absolute atomic E-state index is 0.179. The fraction of sp³-hybridized carbons (Fsp3) is 0.526. The molecule has 1 saturated heterocycles. The molecule has 1 aromatic heterocycles. The van der Waals surface area contributed by atoms with E-state index < -0.39 is 0 Å². The monoisotopic (exact) mass is 346 g/mol. The lowest BCUT2D eigenvalue weighted by Crippen LogP contribution is -2.47. The van der Waals surface area contributed by atoms with E-state index in [1.54, 1.807) is 7.11 Å². The van der Waals surface area contributed by atoms with Crippen LogP contribution >= 0.6 is 0 Å². The minimum atomic E-state index is -0.179. The summed E-state index contributed by atoms with van der Waals surface area (Å²) in [6.45, 7) is 9.22. The number of fused-ring (bicyclic) bond motifs is 1. The maximum Gasteiger partial charge on any atom is 0.287 e. The maximum atomic E-state index is 12.5. The smallest absolute Gasteiger partial charge is 0.287 e. The SMILES string of the molecule is COc1ccc2oc(C(=O)NCCN3C[C@@H](C)O[C@@H](C)C3)c(C)c2c1. The van der Waals surface area contributed by atoms with Crippen LogP contribution in [-0.2, 0) is 4.74 Å². The summed E-state index contributed by atoms with van der Waals surface area (Å²) in [6, 6.07) is 5.55. The summed E-state index contributed by atoms with van der Waals surface area (Å²) in [5.74, 6) is 0.938. The summed E-state index contributed by atoms with van der Waals surface area (Å²) in [7, 11) is 1.62. The molecule has 136 valence electrons. The molecule has 1 aliphatic rings. The third-order valence-electron chi connectivity index (χ3n) is 4.56. The van der Waals surface area contributed by atoms with Gasteiger partial charge in [-0.05, 0) is 39.0 Å². The zero-order valence-electron chi connectivity index (χ0n) is 15.3. The average molecular weight is 346 g/mol. The summed E-state index contributed by atoms with van der Waals surface area (Å²) in [4.78, 5) is 14.8. The van der Waals surface area contributed by atoms with Crippen molar-refractivity contribution in [2.75, 3.05) is 33.3 Å². The van der Waals surface area contributed by atoms with Gasteiger partial charge < -0.3 is 19.2 Å². The van der Waals surface area contributed by atoms with Crippen molar-refractivity contribution in [1.82, 2.24) is 10.2 Å². The van der Waals surface area contributed by atoms with Crippen molar-refractivity contribution < 1.29 is 18.7 Å². The number of hydrogen-bond acceptors (Lipinski definition) is 5. The van der Waals surface area contributed by atoms with Gasteiger partial charge >= 0.3 is 0 Å². The van der Waals surface area contributed by atoms with Crippen molar-refractivity contribution in [1.29, 1.82) is 0 Å². The number of nitrogens with one attached hydrogen (secondary N) is 1. The Labute approximate surface area is 148 Å². The zero-order chi connectivity index (χ0) is 18.0. The Morgan fingerprint density at radius 3 is 2.72 bits per heavy atom. The Kier molecular flexibility index (Phi) is 5.30. The number of hydrogen-bond donors (Lipinski definition) is 1. The Hall–Kier alpha value is -2.05. The molecular formula is C19H26N2O4. The van der Waals surface area contributed by atoms with Crippen molar-refractivity contribution in [3.05, 3.63) is 29.5 Å². The third kappa shape index (κ3) is 3.96. The molecule has 0 saturated carbocycles. The third-order valence-corrected chi connectivity index (χ3v) is 4.56. The van der Waals surface area contributed by atoms with Crippen LogP contribution in [0.4, 0.5) is 0 Å². The molecule has 0 spiro atoms. The Balaban J connectivity index is 1.61. The molecule has 25 heavy (non-hydrogen) atoms. The fourth-order valence-corrected chi connectivity index (χ4v) is 3.42. The number of carbonyl (C=O) groups is 1. The van der Waals surface area contributed by atoms with Crippen LogP contribution in [0.5, 0.6) is 5.75 Å². The van der Waals surface area contributed by atoms with Crippen molar-refractivity contribution in [3.8, 4) is 5.75 Å². The highest BCUT2D eigenvalue weighted by molar-refractivity contribution is 5.99. The number of carbonyl (C=O) groups excluding carboxylic acids is 1. The van der Waals surface area contributed by atoms with Crippen LogP contribution in [0.3, 0.4) is 0 Å². The van der Waals surface area contributed by atoms with Crippen LogP contribution in [0.15, 0.2) is 22.6 Å². The second-order valence-electron chi connectivity index (χ2n) is 6.69. The van der Waals surface area contributed by atoms with Gasteiger partial charge in [0.05, 0.1) is 19.3 Å². The van der Waals surface area contributed by atoms with Crippen LogP contribution < -0.4 is 10.1 Å². The van der Waals surface area contributed by atoms with E-state index in [-0.39, 0.29) is 18.1 Å². The largest absolute Gasteiger partial charge is 0.497 e. The van der Waals surface area contributed by atoms with E-state index in [9.17, 15) is 4.79 Å². The second kappa shape index (κ2) is 7.45. The summed E-state index contributed by atoms with van der Waals surface area (Å²) in [5.41, 5.74) is 1.53. The summed E-state index contributed by atoms with van der Waals surface area (Å²) >= 11 is 0. The Bertz CT molecular complexity index is 745. The van der Waals surface area contributed by atoms with Gasteiger partial charge in [0.2, 0.25) is 0 Å². The first-order valence-electron chi connectivity index (χ1n) is 8.71. The number of furan rings is 1. The molecule has 1 amide bonds. The van der Waals surface area contributed by atoms with Crippen molar-refractivity contribution >= 4 is 16.9 Å². The van der Waals surface area contributed by atoms with E-state index >= 15 is 0 Å². The fourth-order valence-electron chi connectivity index (χ4n) is 3.42. The molecule has 1 aromatic carbocycles. The molecule has 0 radical (unpaired) electrons. The van der Waals surface area contributed by atoms with Gasteiger partial charge in [-0.25, -0.2) is 0 Å². The molecule has 0 aliphatic carbocycles. The molecule has 6 heteroatoms. The lowest BCUT2D eigenvalue weighted by Gasteiger charge is -2.35. The van der Waals surface area contributed by atoms with Gasteiger partial charge in [-0.3, -0.25) is 9.69 Å². The number of nitrogens with zero attached hydrogens (tertiary/aromatic N) is 1. The first kappa shape index (κ1) is 17.8. The number of ether oxygens (including phenoxy) is 2.